The molecule has 1 unspecified atom stereocenters. The molecule has 0 spiro atoms. The molecule has 1 N–H and O–H groups in total. The highest BCUT2D eigenvalue weighted by molar-refractivity contribution is 7.15. The SMILES string of the molecule is N#Cc1ccc(NC2CCCc3sc(-c4ccc(F)cc4)nc32)nc1. The van der Waals surface area contributed by atoms with Crippen molar-refractivity contribution in [1.29, 1.82) is 5.26 Å². The molecule has 2 aromatic heterocycles. The van der Waals surface area contributed by atoms with Gasteiger partial charge in [-0.15, -0.1) is 11.3 Å². The van der Waals surface area contributed by atoms with Crippen molar-refractivity contribution in [2.45, 2.75) is 25.3 Å². The molecule has 4 nitrogen and oxygen atoms in total. The quantitative estimate of drug-likeness (QED) is 0.743. The van der Waals surface area contributed by atoms with Crippen molar-refractivity contribution < 1.29 is 4.39 Å². The standard InChI is InChI=1S/C19H15FN4S/c20-14-7-5-13(6-8-14)19-24-18-15(2-1-3-16(18)25-19)23-17-9-4-12(10-21)11-22-17/h4-9,11,15H,1-3H2,(H,22,23). The molecule has 0 amide bonds. The summed E-state index contributed by atoms with van der Waals surface area (Å²) in [5, 5.41) is 13.2. The summed E-state index contributed by atoms with van der Waals surface area (Å²) >= 11 is 1.68. The second-order valence-corrected chi connectivity index (χ2v) is 7.05. The van der Waals surface area contributed by atoms with Crippen LogP contribution in [-0.2, 0) is 6.42 Å². The van der Waals surface area contributed by atoms with Crippen molar-refractivity contribution in [2.24, 2.45) is 0 Å². The van der Waals surface area contributed by atoms with Crippen LogP contribution in [-0.4, -0.2) is 9.97 Å². The van der Waals surface area contributed by atoms with E-state index < -0.39 is 0 Å². The van der Waals surface area contributed by atoms with E-state index in [0.717, 1.165) is 41.3 Å². The molecule has 2 heterocycles. The highest BCUT2D eigenvalue weighted by Crippen LogP contribution is 2.38. The van der Waals surface area contributed by atoms with E-state index in [1.54, 1.807) is 35.7 Å². The zero-order chi connectivity index (χ0) is 17.2. The predicted molar refractivity (Wildman–Crippen MR) is 95.8 cm³/mol. The van der Waals surface area contributed by atoms with Gasteiger partial charge in [0.2, 0.25) is 0 Å². The summed E-state index contributed by atoms with van der Waals surface area (Å²) in [6, 6.07) is 12.2. The van der Waals surface area contributed by atoms with Gasteiger partial charge in [0, 0.05) is 16.6 Å². The van der Waals surface area contributed by atoms with Crippen LogP contribution < -0.4 is 5.32 Å². The normalized spacial score (nSPS) is 16.1. The summed E-state index contributed by atoms with van der Waals surface area (Å²) in [4.78, 5) is 10.4. The Morgan fingerprint density at radius 3 is 2.76 bits per heavy atom. The number of hydrogen-bond acceptors (Lipinski definition) is 5. The average Bonchev–Trinajstić information content (AvgIpc) is 3.08. The Bertz CT molecular complexity index is 926. The molecular formula is C19H15FN4S. The molecule has 0 saturated carbocycles. The van der Waals surface area contributed by atoms with E-state index >= 15 is 0 Å². The van der Waals surface area contributed by atoms with Gasteiger partial charge in [0.1, 0.15) is 22.7 Å². The molecule has 3 aromatic rings. The molecule has 124 valence electrons. The second-order valence-electron chi connectivity index (χ2n) is 5.97. The fourth-order valence-electron chi connectivity index (χ4n) is 3.00. The molecule has 0 radical (unpaired) electrons. The maximum Gasteiger partial charge on any atom is 0.126 e. The number of benzene rings is 1. The lowest BCUT2D eigenvalue weighted by Crippen LogP contribution is -2.17. The fourth-order valence-corrected chi connectivity index (χ4v) is 4.17. The summed E-state index contributed by atoms with van der Waals surface area (Å²) in [5.41, 5.74) is 2.54. The third-order valence-electron chi connectivity index (χ3n) is 4.26. The van der Waals surface area contributed by atoms with Gasteiger partial charge in [0.25, 0.3) is 0 Å². The van der Waals surface area contributed by atoms with Crippen molar-refractivity contribution in [3.63, 3.8) is 0 Å². The summed E-state index contributed by atoms with van der Waals surface area (Å²) in [6.45, 7) is 0. The van der Waals surface area contributed by atoms with Crippen molar-refractivity contribution in [3.05, 3.63) is 64.5 Å². The molecule has 1 atom stereocenters. The molecule has 0 fully saturated rings. The van der Waals surface area contributed by atoms with Crippen LogP contribution >= 0.6 is 11.3 Å². The van der Waals surface area contributed by atoms with Crippen LogP contribution in [0.2, 0.25) is 0 Å². The number of thiazole rings is 1. The lowest BCUT2D eigenvalue weighted by atomic mass is 9.97. The number of aromatic nitrogens is 2. The van der Waals surface area contributed by atoms with Crippen molar-refractivity contribution in [1.82, 2.24) is 9.97 Å². The molecular weight excluding hydrogens is 335 g/mol. The summed E-state index contributed by atoms with van der Waals surface area (Å²) in [5.74, 6) is 0.504. The van der Waals surface area contributed by atoms with Crippen molar-refractivity contribution >= 4 is 17.2 Å². The van der Waals surface area contributed by atoms with Gasteiger partial charge in [0.05, 0.1) is 17.3 Å². The number of pyridine rings is 1. The minimum absolute atomic E-state index is 0.106. The van der Waals surface area contributed by atoms with Gasteiger partial charge in [0.15, 0.2) is 0 Å². The Morgan fingerprint density at radius 1 is 1.20 bits per heavy atom. The maximum absolute atomic E-state index is 13.1. The van der Waals surface area contributed by atoms with Crippen LogP contribution in [0.1, 0.15) is 35.0 Å². The first-order chi connectivity index (χ1) is 12.2. The number of nitrogens with zero attached hydrogens (tertiary/aromatic N) is 3. The molecule has 0 saturated heterocycles. The number of rotatable bonds is 3. The van der Waals surface area contributed by atoms with Gasteiger partial charge in [-0.25, -0.2) is 14.4 Å². The maximum atomic E-state index is 13.1. The molecule has 0 bridgehead atoms. The number of halogens is 1. The number of hydrogen-bond donors (Lipinski definition) is 1. The Hall–Kier alpha value is -2.78. The van der Waals surface area contributed by atoms with E-state index in [1.807, 2.05) is 6.07 Å². The van der Waals surface area contributed by atoms with Crippen LogP contribution in [0.3, 0.4) is 0 Å². The van der Waals surface area contributed by atoms with E-state index in [-0.39, 0.29) is 11.9 Å². The molecule has 25 heavy (non-hydrogen) atoms. The highest BCUT2D eigenvalue weighted by atomic mass is 32.1. The monoisotopic (exact) mass is 350 g/mol. The zero-order valence-electron chi connectivity index (χ0n) is 13.4. The molecule has 0 aliphatic heterocycles. The van der Waals surface area contributed by atoms with E-state index in [1.165, 1.54) is 17.0 Å². The Labute approximate surface area is 149 Å². The van der Waals surface area contributed by atoms with Crippen LogP contribution in [0.4, 0.5) is 10.2 Å². The van der Waals surface area contributed by atoms with Crippen molar-refractivity contribution in [3.8, 4) is 16.6 Å². The summed E-state index contributed by atoms with van der Waals surface area (Å²) < 4.78 is 13.1. The third-order valence-corrected chi connectivity index (χ3v) is 5.44. The largest absolute Gasteiger partial charge is 0.362 e. The first-order valence-electron chi connectivity index (χ1n) is 8.11. The average molecular weight is 350 g/mol. The first kappa shape index (κ1) is 15.7. The van der Waals surface area contributed by atoms with E-state index in [0.29, 0.717) is 5.56 Å². The Kier molecular flexibility index (Phi) is 4.16. The minimum atomic E-state index is -0.239. The summed E-state index contributed by atoms with van der Waals surface area (Å²) in [7, 11) is 0. The van der Waals surface area contributed by atoms with Gasteiger partial charge < -0.3 is 5.32 Å². The van der Waals surface area contributed by atoms with E-state index in [4.69, 9.17) is 10.2 Å². The van der Waals surface area contributed by atoms with Crippen LogP contribution in [0.5, 0.6) is 0 Å². The molecule has 1 aromatic carbocycles. The van der Waals surface area contributed by atoms with Gasteiger partial charge >= 0.3 is 0 Å². The number of anilines is 1. The lowest BCUT2D eigenvalue weighted by Gasteiger charge is -2.22. The Morgan fingerprint density at radius 2 is 2.04 bits per heavy atom. The van der Waals surface area contributed by atoms with Crippen LogP contribution in [0.25, 0.3) is 10.6 Å². The van der Waals surface area contributed by atoms with Gasteiger partial charge in [-0.05, 0) is 55.7 Å². The number of nitrogens with one attached hydrogen (secondary N) is 1. The highest BCUT2D eigenvalue weighted by Gasteiger charge is 2.25. The lowest BCUT2D eigenvalue weighted by molar-refractivity contribution is 0.592. The summed E-state index contributed by atoms with van der Waals surface area (Å²) in [6.07, 6.45) is 4.66. The first-order valence-corrected chi connectivity index (χ1v) is 8.93. The number of aryl methyl sites for hydroxylation is 1. The molecule has 6 heteroatoms. The third kappa shape index (κ3) is 3.24. The van der Waals surface area contributed by atoms with Crippen LogP contribution in [0, 0.1) is 17.1 Å². The smallest absolute Gasteiger partial charge is 0.126 e. The zero-order valence-corrected chi connectivity index (χ0v) is 14.2. The second kappa shape index (κ2) is 6.61. The minimum Gasteiger partial charge on any atom is -0.362 e. The molecule has 4 rings (SSSR count). The predicted octanol–water partition coefficient (Wildman–Crippen LogP) is 4.71. The number of fused-ring (bicyclic) bond motifs is 1. The Balaban J connectivity index is 1.60. The molecule has 1 aliphatic rings. The van der Waals surface area contributed by atoms with E-state index in [9.17, 15) is 4.39 Å². The molecule has 1 aliphatic carbocycles. The fraction of sp³-hybridized carbons (Fsp3) is 0.211. The van der Waals surface area contributed by atoms with Gasteiger partial charge in [-0.2, -0.15) is 5.26 Å². The topological polar surface area (TPSA) is 61.6 Å². The van der Waals surface area contributed by atoms with E-state index in [2.05, 4.69) is 16.4 Å². The van der Waals surface area contributed by atoms with Gasteiger partial charge in [-0.1, -0.05) is 0 Å². The van der Waals surface area contributed by atoms with Gasteiger partial charge in [-0.3, -0.25) is 0 Å². The van der Waals surface area contributed by atoms with Crippen LogP contribution in [0.15, 0.2) is 42.6 Å². The van der Waals surface area contributed by atoms with Crippen molar-refractivity contribution in [2.75, 3.05) is 5.32 Å². The number of nitriles is 1.